The van der Waals surface area contributed by atoms with Crippen molar-refractivity contribution < 1.29 is 28.6 Å². The summed E-state index contributed by atoms with van der Waals surface area (Å²) in [5.41, 5.74) is 0. The first-order valence-corrected chi connectivity index (χ1v) is 34.4. The van der Waals surface area contributed by atoms with Crippen LogP contribution in [0, 0.1) is 0 Å². The molecule has 0 fully saturated rings. The quantitative estimate of drug-likeness (QED) is 0.0261. The Morgan fingerprint density at radius 2 is 0.481 bits per heavy atom. The molecule has 0 aromatic heterocycles. The minimum atomic E-state index is -0.789. The lowest BCUT2D eigenvalue weighted by Crippen LogP contribution is -2.30. The first-order valence-electron chi connectivity index (χ1n) is 34.4. The highest BCUT2D eigenvalue weighted by Crippen LogP contribution is 2.17. The Morgan fingerprint density at radius 1 is 0.259 bits per heavy atom. The van der Waals surface area contributed by atoms with Gasteiger partial charge >= 0.3 is 17.9 Å². The predicted octanol–water partition coefficient (Wildman–Crippen LogP) is 23.8. The van der Waals surface area contributed by atoms with Gasteiger partial charge in [-0.1, -0.05) is 297 Å². The number of hydrogen-bond acceptors (Lipinski definition) is 6. The molecule has 0 N–H and O–H groups in total. The van der Waals surface area contributed by atoms with E-state index in [4.69, 9.17) is 14.2 Å². The Bertz CT molecular complexity index is 1620. The lowest BCUT2D eigenvalue weighted by atomic mass is 10.0. The van der Waals surface area contributed by atoms with Crippen molar-refractivity contribution in [3.8, 4) is 0 Å². The van der Waals surface area contributed by atoms with Crippen LogP contribution in [0.2, 0.25) is 0 Å². The maximum Gasteiger partial charge on any atom is 0.306 e. The van der Waals surface area contributed by atoms with Crippen LogP contribution in [-0.4, -0.2) is 37.2 Å². The maximum absolute atomic E-state index is 13.0. The fourth-order valence-electron chi connectivity index (χ4n) is 9.66. The fourth-order valence-corrected chi connectivity index (χ4v) is 9.66. The minimum absolute atomic E-state index is 0.0835. The topological polar surface area (TPSA) is 78.9 Å². The highest BCUT2D eigenvalue weighted by molar-refractivity contribution is 5.71. The molecule has 6 heteroatoms. The van der Waals surface area contributed by atoms with Crippen molar-refractivity contribution in [1.29, 1.82) is 0 Å². The molecule has 0 saturated heterocycles. The average Bonchev–Trinajstić information content (AvgIpc) is 3.47. The van der Waals surface area contributed by atoms with Crippen LogP contribution in [0.15, 0.2) is 109 Å². The van der Waals surface area contributed by atoms with Crippen molar-refractivity contribution in [3.63, 3.8) is 0 Å². The van der Waals surface area contributed by atoms with E-state index in [-0.39, 0.29) is 31.1 Å². The van der Waals surface area contributed by atoms with Gasteiger partial charge in [-0.25, -0.2) is 0 Å². The van der Waals surface area contributed by atoms with Crippen LogP contribution >= 0.6 is 0 Å². The molecule has 0 heterocycles. The van der Waals surface area contributed by atoms with Crippen LogP contribution in [0.1, 0.15) is 329 Å². The van der Waals surface area contributed by atoms with Crippen molar-refractivity contribution in [3.05, 3.63) is 109 Å². The Hall–Kier alpha value is -3.93. The van der Waals surface area contributed by atoms with Crippen LogP contribution in [0.25, 0.3) is 0 Å². The normalized spacial score (nSPS) is 12.8. The molecule has 0 saturated carbocycles. The molecular weight excluding hydrogens is 997 g/mol. The molecule has 0 aliphatic carbocycles. The summed E-state index contributed by atoms with van der Waals surface area (Å²) in [5, 5.41) is 0. The number of rotatable bonds is 62. The van der Waals surface area contributed by atoms with Gasteiger partial charge in [-0.15, -0.1) is 0 Å². The molecule has 464 valence electrons. The Kier molecular flexibility index (Phi) is 65.2. The number of esters is 3. The van der Waals surface area contributed by atoms with Crippen LogP contribution < -0.4 is 0 Å². The predicted molar refractivity (Wildman–Crippen MR) is 353 cm³/mol. The fraction of sp³-hybridized carbons (Fsp3) is 0.720. The lowest BCUT2D eigenvalue weighted by Gasteiger charge is -2.18. The minimum Gasteiger partial charge on any atom is -0.462 e. The van der Waals surface area contributed by atoms with Crippen molar-refractivity contribution >= 4 is 17.9 Å². The summed E-state index contributed by atoms with van der Waals surface area (Å²) in [6.45, 7) is 6.43. The third-order valence-electron chi connectivity index (χ3n) is 14.7. The molecule has 81 heavy (non-hydrogen) atoms. The van der Waals surface area contributed by atoms with Gasteiger partial charge in [-0.3, -0.25) is 14.4 Å². The van der Waals surface area contributed by atoms with E-state index in [1.807, 2.05) is 0 Å². The molecule has 6 nitrogen and oxygen atoms in total. The van der Waals surface area contributed by atoms with Crippen molar-refractivity contribution in [2.45, 2.75) is 335 Å². The summed E-state index contributed by atoms with van der Waals surface area (Å²) in [4.78, 5) is 38.5. The molecule has 1 unspecified atom stereocenters. The molecule has 1 atom stereocenters. The van der Waals surface area contributed by atoms with E-state index >= 15 is 0 Å². The lowest BCUT2D eigenvalue weighted by molar-refractivity contribution is -0.167. The van der Waals surface area contributed by atoms with Gasteiger partial charge < -0.3 is 14.2 Å². The van der Waals surface area contributed by atoms with Crippen molar-refractivity contribution in [2.75, 3.05) is 13.2 Å². The molecule has 0 aliphatic heterocycles. The second kappa shape index (κ2) is 68.6. The SMILES string of the molecule is CC/C=C\C/C=C\C/C=C\C/C=C\CCCCCCCCCCCCCCC(=O)OCC(COC(=O)CCCCCCCCC/C=C\C/C=C\C/C=C\CC)OC(=O)CCCCCCCCCCC/C=C\C/C=C\CCCCCCC. The number of allylic oxidation sites excluding steroid dienone is 18. The molecule has 0 aromatic carbocycles. The monoisotopic (exact) mass is 1120 g/mol. The summed E-state index contributed by atoms with van der Waals surface area (Å²) in [7, 11) is 0. The third kappa shape index (κ3) is 66.8. The molecule has 0 aromatic rings. The molecule has 0 amide bonds. The van der Waals surface area contributed by atoms with Gasteiger partial charge in [0.2, 0.25) is 0 Å². The van der Waals surface area contributed by atoms with E-state index in [1.54, 1.807) is 0 Å². The zero-order valence-electron chi connectivity index (χ0n) is 53.3. The van der Waals surface area contributed by atoms with Gasteiger partial charge in [0.05, 0.1) is 0 Å². The molecule has 0 rings (SSSR count). The highest BCUT2D eigenvalue weighted by atomic mass is 16.6. The van der Waals surface area contributed by atoms with Crippen molar-refractivity contribution in [2.24, 2.45) is 0 Å². The van der Waals surface area contributed by atoms with E-state index in [9.17, 15) is 14.4 Å². The summed E-state index contributed by atoms with van der Waals surface area (Å²) < 4.78 is 17.0. The van der Waals surface area contributed by atoms with E-state index in [0.717, 1.165) is 116 Å². The van der Waals surface area contributed by atoms with Gasteiger partial charge in [0.15, 0.2) is 6.10 Å². The standard InChI is InChI=1S/C75H128O6/c1-4-7-10-13-16-19-22-25-28-31-33-35-36-37-38-40-41-44-47-50-53-56-59-62-65-68-74(77)80-71-72(70-79-73(76)67-64-61-58-55-52-49-46-43-30-27-24-21-18-15-12-9-6-3)81-75(78)69-66-63-60-57-54-51-48-45-42-39-34-32-29-26-23-20-17-14-11-8-5-2/h7,9-10,12,16,18-19,21,23,25-28,30,32-35,72H,4-6,8,11,13-15,17,20,22,24,29,31,36-71H2,1-3H3/b10-7-,12-9-,19-16-,21-18-,26-23-,28-25-,30-27-,34-32-,35-33-. The zero-order chi connectivity index (χ0) is 58.5. The second-order valence-electron chi connectivity index (χ2n) is 22.7. The number of hydrogen-bond donors (Lipinski definition) is 0. The second-order valence-corrected chi connectivity index (χ2v) is 22.7. The first kappa shape index (κ1) is 77.1. The number of ether oxygens (including phenoxy) is 3. The summed E-state index contributed by atoms with van der Waals surface area (Å²) >= 11 is 0. The molecule has 0 spiro atoms. The van der Waals surface area contributed by atoms with Gasteiger partial charge in [-0.2, -0.15) is 0 Å². The summed E-state index contributed by atoms with van der Waals surface area (Å²) in [6, 6.07) is 0. The van der Waals surface area contributed by atoms with E-state index in [1.165, 1.54) is 173 Å². The summed E-state index contributed by atoms with van der Waals surface area (Å²) in [5.74, 6) is -0.887. The number of carbonyl (C=O) groups is 3. The molecular formula is C75H128O6. The first-order chi connectivity index (χ1) is 40.0. The van der Waals surface area contributed by atoms with Gasteiger partial charge in [0, 0.05) is 19.3 Å². The maximum atomic E-state index is 13.0. The Balaban J connectivity index is 4.37. The van der Waals surface area contributed by atoms with E-state index < -0.39 is 6.10 Å². The highest BCUT2D eigenvalue weighted by Gasteiger charge is 2.19. The Morgan fingerprint density at radius 3 is 0.753 bits per heavy atom. The van der Waals surface area contributed by atoms with E-state index in [0.29, 0.717) is 19.3 Å². The number of carbonyl (C=O) groups excluding carboxylic acids is 3. The molecule has 0 aliphatic rings. The van der Waals surface area contributed by atoms with Crippen LogP contribution in [0.3, 0.4) is 0 Å². The average molecular weight is 1130 g/mol. The Labute approximate surface area is 501 Å². The van der Waals surface area contributed by atoms with Gasteiger partial charge in [0.25, 0.3) is 0 Å². The van der Waals surface area contributed by atoms with Crippen LogP contribution in [0.5, 0.6) is 0 Å². The third-order valence-corrected chi connectivity index (χ3v) is 14.7. The smallest absolute Gasteiger partial charge is 0.306 e. The van der Waals surface area contributed by atoms with Crippen LogP contribution in [-0.2, 0) is 28.6 Å². The largest absolute Gasteiger partial charge is 0.462 e. The summed E-state index contributed by atoms with van der Waals surface area (Å²) in [6.07, 6.45) is 93.8. The van der Waals surface area contributed by atoms with Gasteiger partial charge in [0.1, 0.15) is 13.2 Å². The van der Waals surface area contributed by atoms with E-state index in [2.05, 4.69) is 130 Å². The van der Waals surface area contributed by atoms with Gasteiger partial charge in [-0.05, 0) is 122 Å². The number of unbranched alkanes of at least 4 members (excludes halogenated alkanes) is 33. The zero-order valence-corrected chi connectivity index (χ0v) is 53.3. The molecule has 0 radical (unpaired) electrons. The van der Waals surface area contributed by atoms with Crippen molar-refractivity contribution in [1.82, 2.24) is 0 Å². The van der Waals surface area contributed by atoms with Crippen LogP contribution in [0.4, 0.5) is 0 Å². The molecule has 0 bridgehead atoms.